The third-order valence-corrected chi connectivity index (χ3v) is 6.37. The van der Waals surface area contributed by atoms with Gasteiger partial charge in [-0.15, -0.1) is 0 Å². The van der Waals surface area contributed by atoms with Crippen molar-refractivity contribution in [1.29, 1.82) is 0 Å². The van der Waals surface area contributed by atoms with Crippen LogP contribution in [0, 0.1) is 0 Å². The number of carbonyl (C=O) groups excluding carboxylic acids is 1. The molecule has 1 aliphatic heterocycles. The summed E-state index contributed by atoms with van der Waals surface area (Å²) in [6.45, 7) is 5.91. The second-order valence-corrected chi connectivity index (χ2v) is 7.85. The van der Waals surface area contributed by atoms with Gasteiger partial charge in [0, 0.05) is 39.0 Å². The molecule has 26 heavy (non-hydrogen) atoms. The number of allylic oxidation sites excluding steroid dienone is 2. The van der Waals surface area contributed by atoms with Gasteiger partial charge in [0.1, 0.15) is 5.54 Å². The van der Waals surface area contributed by atoms with Crippen molar-refractivity contribution in [3.8, 4) is 0 Å². The minimum absolute atomic E-state index is 0.192. The van der Waals surface area contributed by atoms with Crippen molar-refractivity contribution >= 4 is 5.91 Å². The van der Waals surface area contributed by atoms with E-state index in [0.717, 1.165) is 51.9 Å². The van der Waals surface area contributed by atoms with Crippen LogP contribution in [0.1, 0.15) is 30.9 Å². The highest BCUT2D eigenvalue weighted by Crippen LogP contribution is 2.36. The maximum atomic E-state index is 13.7. The zero-order valence-corrected chi connectivity index (χ0v) is 15.6. The molecule has 4 nitrogen and oxygen atoms in total. The highest BCUT2D eigenvalue weighted by Gasteiger charge is 2.49. The zero-order chi connectivity index (χ0) is 18.0. The molecule has 2 aliphatic carbocycles. The molecule has 0 unspecified atom stereocenters. The number of hydrogen-bond donors (Lipinski definition) is 2. The standard InChI is InChI=1S/C22H29N3O/c1-2-21(10-6-3-7-11-21)24-20(26)22(25-14-12-23-13-15-25)16-18-8-4-5-9-19(18)17-22/h3-10,23H,2,11-17H2,1H3,(H,24,26)/t21-/m1/s1. The third kappa shape index (κ3) is 3.01. The van der Waals surface area contributed by atoms with Gasteiger partial charge in [-0.3, -0.25) is 9.69 Å². The fourth-order valence-corrected chi connectivity index (χ4v) is 4.67. The largest absolute Gasteiger partial charge is 0.345 e. The molecule has 0 aromatic heterocycles. The summed E-state index contributed by atoms with van der Waals surface area (Å²) in [5, 5.41) is 6.88. The fourth-order valence-electron chi connectivity index (χ4n) is 4.67. The number of amides is 1. The van der Waals surface area contributed by atoms with Crippen LogP contribution in [0.3, 0.4) is 0 Å². The van der Waals surface area contributed by atoms with Crippen molar-refractivity contribution < 1.29 is 4.79 Å². The lowest BCUT2D eigenvalue weighted by atomic mass is 9.85. The first-order valence-corrected chi connectivity index (χ1v) is 9.87. The molecule has 2 N–H and O–H groups in total. The molecular formula is C22H29N3O. The molecular weight excluding hydrogens is 322 g/mol. The van der Waals surface area contributed by atoms with Gasteiger partial charge in [0.05, 0.1) is 5.54 Å². The molecule has 1 heterocycles. The lowest BCUT2D eigenvalue weighted by molar-refractivity contribution is -0.135. The topological polar surface area (TPSA) is 44.4 Å². The SMILES string of the molecule is CC[C@@]1(NC(=O)C2(N3CCNCC3)Cc3ccccc3C2)C=CC=CC1. The van der Waals surface area contributed by atoms with E-state index < -0.39 is 5.54 Å². The van der Waals surface area contributed by atoms with Crippen molar-refractivity contribution in [1.82, 2.24) is 15.5 Å². The molecule has 0 bridgehead atoms. The molecule has 3 aliphatic rings. The summed E-state index contributed by atoms with van der Waals surface area (Å²) in [6.07, 6.45) is 11.9. The van der Waals surface area contributed by atoms with Gasteiger partial charge in [0.2, 0.25) is 5.91 Å². The summed E-state index contributed by atoms with van der Waals surface area (Å²) in [4.78, 5) is 16.2. The number of carbonyl (C=O) groups is 1. The molecule has 1 aromatic carbocycles. The predicted molar refractivity (Wildman–Crippen MR) is 105 cm³/mol. The Labute approximate surface area is 156 Å². The molecule has 0 radical (unpaired) electrons. The summed E-state index contributed by atoms with van der Waals surface area (Å²) < 4.78 is 0. The Balaban J connectivity index is 1.64. The van der Waals surface area contributed by atoms with Gasteiger partial charge in [-0.05, 0) is 24.0 Å². The highest BCUT2D eigenvalue weighted by molar-refractivity contribution is 5.89. The van der Waals surface area contributed by atoms with Crippen LogP contribution in [-0.4, -0.2) is 48.1 Å². The van der Waals surface area contributed by atoms with Gasteiger partial charge in [0.25, 0.3) is 0 Å². The first kappa shape index (κ1) is 17.5. The molecule has 1 atom stereocenters. The van der Waals surface area contributed by atoms with E-state index in [9.17, 15) is 4.79 Å². The quantitative estimate of drug-likeness (QED) is 0.874. The summed E-state index contributed by atoms with van der Waals surface area (Å²) in [5.41, 5.74) is 1.95. The Morgan fingerprint density at radius 3 is 2.42 bits per heavy atom. The Bertz CT molecular complexity index is 708. The Morgan fingerprint density at radius 1 is 1.15 bits per heavy atom. The van der Waals surface area contributed by atoms with Gasteiger partial charge in [-0.25, -0.2) is 0 Å². The Kier molecular flexibility index (Phi) is 4.72. The van der Waals surface area contributed by atoms with Crippen LogP contribution in [0.25, 0.3) is 0 Å². The van der Waals surface area contributed by atoms with Gasteiger partial charge < -0.3 is 10.6 Å². The Hall–Kier alpha value is -1.91. The smallest absolute Gasteiger partial charge is 0.241 e. The molecule has 138 valence electrons. The predicted octanol–water partition coefficient (Wildman–Crippen LogP) is 2.21. The zero-order valence-electron chi connectivity index (χ0n) is 15.6. The molecule has 0 saturated carbocycles. The van der Waals surface area contributed by atoms with Gasteiger partial charge in [-0.1, -0.05) is 55.5 Å². The first-order chi connectivity index (χ1) is 12.7. The molecule has 1 aromatic rings. The van der Waals surface area contributed by atoms with E-state index in [1.807, 2.05) is 0 Å². The Morgan fingerprint density at radius 2 is 1.85 bits per heavy atom. The van der Waals surface area contributed by atoms with Crippen LogP contribution >= 0.6 is 0 Å². The number of rotatable bonds is 4. The van der Waals surface area contributed by atoms with Gasteiger partial charge >= 0.3 is 0 Å². The number of piperazine rings is 1. The molecule has 1 amide bonds. The van der Waals surface area contributed by atoms with Crippen molar-refractivity contribution in [2.45, 2.75) is 43.7 Å². The van der Waals surface area contributed by atoms with E-state index in [4.69, 9.17) is 0 Å². The molecule has 1 saturated heterocycles. The van der Waals surface area contributed by atoms with Crippen LogP contribution < -0.4 is 10.6 Å². The van der Waals surface area contributed by atoms with E-state index in [0.29, 0.717) is 0 Å². The lowest BCUT2D eigenvalue weighted by Crippen LogP contribution is -2.66. The number of fused-ring (bicyclic) bond motifs is 1. The van der Waals surface area contributed by atoms with E-state index in [1.54, 1.807) is 0 Å². The van der Waals surface area contributed by atoms with E-state index in [-0.39, 0.29) is 11.4 Å². The minimum atomic E-state index is -0.455. The van der Waals surface area contributed by atoms with E-state index in [1.165, 1.54) is 11.1 Å². The van der Waals surface area contributed by atoms with Crippen molar-refractivity contribution in [3.63, 3.8) is 0 Å². The summed E-state index contributed by atoms with van der Waals surface area (Å²) >= 11 is 0. The van der Waals surface area contributed by atoms with Crippen molar-refractivity contribution in [2.75, 3.05) is 26.2 Å². The fraction of sp³-hybridized carbons (Fsp3) is 0.500. The number of nitrogens with one attached hydrogen (secondary N) is 2. The number of hydrogen-bond acceptors (Lipinski definition) is 3. The molecule has 0 spiro atoms. The van der Waals surface area contributed by atoms with E-state index >= 15 is 0 Å². The van der Waals surface area contributed by atoms with E-state index in [2.05, 4.69) is 71.0 Å². The van der Waals surface area contributed by atoms with Crippen LogP contribution in [-0.2, 0) is 17.6 Å². The highest BCUT2D eigenvalue weighted by atomic mass is 16.2. The molecule has 4 rings (SSSR count). The maximum Gasteiger partial charge on any atom is 0.241 e. The molecule has 1 fully saturated rings. The number of nitrogens with zero attached hydrogens (tertiary/aromatic N) is 1. The van der Waals surface area contributed by atoms with Crippen LogP contribution in [0.5, 0.6) is 0 Å². The van der Waals surface area contributed by atoms with Crippen LogP contribution in [0.2, 0.25) is 0 Å². The summed E-state index contributed by atoms with van der Waals surface area (Å²) in [7, 11) is 0. The van der Waals surface area contributed by atoms with Crippen LogP contribution in [0.4, 0.5) is 0 Å². The average molecular weight is 351 g/mol. The summed E-state index contributed by atoms with van der Waals surface area (Å²) in [5.74, 6) is 0.192. The van der Waals surface area contributed by atoms with Gasteiger partial charge in [-0.2, -0.15) is 0 Å². The maximum absolute atomic E-state index is 13.7. The van der Waals surface area contributed by atoms with Crippen molar-refractivity contribution in [3.05, 3.63) is 59.7 Å². The average Bonchev–Trinajstić information content (AvgIpc) is 3.10. The third-order valence-electron chi connectivity index (χ3n) is 6.37. The second kappa shape index (κ2) is 7.01. The van der Waals surface area contributed by atoms with Crippen LogP contribution in [0.15, 0.2) is 48.6 Å². The summed E-state index contributed by atoms with van der Waals surface area (Å²) in [6, 6.07) is 8.55. The molecule has 4 heteroatoms. The van der Waals surface area contributed by atoms with Gasteiger partial charge in [0.15, 0.2) is 0 Å². The lowest BCUT2D eigenvalue weighted by Gasteiger charge is -2.44. The van der Waals surface area contributed by atoms with Crippen molar-refractivity contribution in [2.24, 2.45) is 0 Å². The first-order valence-electron chi connectivity index (χ1n) is 9.87. The number of benzene rings is 1. The minimum Gasteiger partial charge on any atom is -0.345 e. The normalized spacial score (nSPS) is 27.3. The second-order valence-electron chi connectivity index (χ2n) is 7.85. The monoisotopic (exact) mass is 351 g/mol.